The minimum atomic E-state index is -3.54. The van der Waals surface area contributed by atoms with E-state index in [0.717, 1.165) is 44.8 Å². The fourth-order valence-corrected chi connectivity index (χ4v) is 15.4. The predicted octanol–water partition coefficient (Wildman–Crippen LogP) is 21.6. The number of carbonyl (C=O) groups is 5. The number of benzene rings is 3. The first-order valence-electron chi connectivity index (χ1n) is 41.6. The molecule has 12 aromatic rings. The van der Waals surface area contributed by atoms with Gasteiger partial charge in [0.2, 0.25) is 0 Å². The minimum absolute atomic E-state index is 0.0860. The molecule has 0 unspecified atom stereocenters. The van der Waals surface area contributed by atoms with Crippen LogP contribution in [0.2, 0.25) is 0 Å². The Morgan fingerprint density at radius 1 is 0.366 bits per heavy atom. The molecule has 0 aliphatic carbocycles. The lowest BCUT2D eigenvalue weighted by atomic mass is 10.1. The third kappa shape index (κ3) is 26.3. The molecule has 12 rings (SSSR count). The molecule has 131 heavy (non-hydrogen) atoms. The van der Waals surface area contributed by atoms with Gasteiger partial charge in [0.25, 0.3) is 0 Å². The van der Waals surface area contributed by atoms with E-state index in [-0.39, 0.29) is 54.8 Å². The summed E-state index contributed by atoms with van der Waals surface area (Å²) in [6.45, 7) is 37.8. The molecule has 36 heteroatoms. The number of aromatic nitrogens is 9. The van der Waals surface area contributed by atoms with Crippen molar-refractivity contribution in [2.45, 2.75) is 223 Å². The number of rotatable bonds is 21. The average molecular weight is 1910 g/mol. The Hall–Kier alpha value is -12.8. The smallest absolute Gasteiger partial charge is 0.425 e. The molecule has 32 nitrogen and oxygen atoms in total. The molecule has 0 radical (unpaired) electrons. The van der Waals surface area contributed by atoms with Gasteiger partial charge in [0, 0.05) is 101 Å². The summed E-state index contributed by atoms with van der Waals surface area (Å²) < 4.78 is 121. The SMILES string of the molecule is CC(C)S(=O)(=O)c1ccc(-c2cnc(N(C(=O)OC(C)(C)C)C(=O)OC(C)(C)C)c(-c3cc(-c4ccc(CBr)cc4)no3)c2)nc1.CNCc1ccc(-c2cc(-c3cc(-c4ccc(S(=O)(=O)C(C)C)cn4)cnc3NC(=O)OC(C)(C)C)on2)cc1.Cc1ccc(-c2cc(-c3cc(-c4ccc(S(=O)(=O)C(C)C)cn4)cnc3N(C(=O)OC(C)(C)C)C(=O)OC(C)(C)C)on2)cc1. The minimum Gasteiger partial charge on any atom is -0.444 e. The van der Waals surface area contributed by atoms with Crippen molar-refractivity contribution in [2.24, 2.45) is 0 Å². The van der Waals surface area contributed by atoms with Crippen molar-refractivity contribution < 1.29 is 86.5 Å². The molecule has 9 heterocycles. The van der Waals surface area contributed by atoms with Crippen LogP contribution in [0.4, 0.5) is 41.4 Å². The monoisotopic (exact) mass is 1910 g/mol. The first-order valence-corrected chi connectivity index (χ1v) is 47.4. The first-order chi connectivity index (χ1) is 61.1. The van der Waals surface area contributed by atoms with Crippen LogP contribution in [-0.2, 0) is 65.1 Å². The Kier molecular flexibility index (Phi) is 31.2. The van der Waals surface area contributed by atoms with Crippen molar-refractivity contribution in [2.75, 3.05) is 22.2 Å². The van der Waals surface area contributed by atoms with Crippen molar-refractivity contribution in [3.63, 3.8) is 0 Å². The maximum Gasteiger partial charge on any atom is 0.425 e. The molecule has 0 spiro atoms. The van der Waals surface area contributed by atoms with Crippen molar-refractivity contribution in [1.29, 1.82) is 0 Å². The van der Waals surface area contributed by atoms with Crippen molar-refractivity contribution >= 4 is 93.4 Å². The molecule has 3 aromatic carbocycles. The van der Waals surface area contributed by atoms with Gasteiger partial charge in [0.15, 0.2) is 58.4 Å². The number of nitrogens with zero attached hydrogens (tertiary/aromatic N) is 11. The van der Waals surface area contributed by atoms with Crippen LogP contribution in [-0.4, -0.2) is 152 Å². The molecule has 0 aliphatic rings. The first kappa shape index (κ1) is 100. The number of pyridine rings is 6. The van der Waals surface area contributed by atoms with Gasteiger partial charge < -0.3 is 42.6 Å². The summed E-state index contributed by atoms with van der Waals surface area (Å²) in [6.07, 6.45) is 3.59. The van der Waals surface area contributed by atoms with Gasteiger partial charge in [0.1, 0.15) is 50.9 Å². The van der Waals surface area contributed by atoms with E-state index in [4.69, 9.17) is 37.3 Å². The van der Waals surface area contributed by atoms with Crippen LogP contribution in [0.5, 0.6) is 0 Å². The average Bonchev–Trinajstić information content (AvgIpc) is 1.67. The Morgan fingerprint density at radius 2 is 0.664 bits per heavy atom. The van der Waals surface area contributed by atoms with E-state index in [1.807, 2.05) is 86.8 Å². The number of anilines is 3. The van der Waals surface area contributed by atoms with Crippen LogP contribution < -0.4 is 20.4 Å². The number of alkyl halides is 1. The number of carbonyl (C=O) groups excluding carboxylic acids is 5. The molecular formula is C95H108BrN13O19S3. The molecule has 0 aliphatic heterocycles. The quantitative estimate of drug-likeness (QED) is 0.0498. The number of aryl methyl sites for hydroxylation is 1. The molecule has 0 saturated carbocycles. The highest BCUT2D eigenvalue weighted by Crippen LogP contribution is 2.41. The van der Waals surface area contributed by atoms with Gasteiger partial charge in [-0.15, -0.1) is 0 Å². The topological polar surface area (TPSA) is 420 Å². The van der Waals surface area contributed by atoms with E-state index < -0.39 is 104 Å². The molecule has 0 atom stereocenters. The van der Waals surface area contributed by atoms with Crippen molar-refractivity contribution in [3.8, 4) is 102 Å². The largest absolute Gasteiger partial charge is 0.444 e. The lowest BCUT2D eigenvalue weighted by Crippen LogP contribution is -2.44. The fourth-order valence-electron chi connectivity index (χ4n) is 12.0. The van der Waals surface area contributed by atoms with Crippen LogP contribution in [0.25, 0.3) is 102 Å². The Bertz CT molecular complexity index is 6400. The number of ether oxygens (including phenoxy) is 5. The van der Waals surface area contributed by atoms with Gasteiger partial charge in [-0.05, 0) is 225 Å². The number of halogens is 1. The Morgan fingerprint density at radius 3 is 0.954 bits per heavy atom. The predicted molar refractivity (Wildman–Crippen MR) is 502 cm³/mol. The van der Waals surface area contributed by atoms with E-state index in [9.17, 15) is 49.2 Å². The van der Waals surface area contributed by atoms with Crippen LogP contribution in [0.15, 0.2) is 211 Å². The second kappa shape index (κ2) is 40.7. The number of imide groups is 2. The standard InChI is InChI=1S/C33H37BrN4O7S.C33H38N4O7S.C29H33N5O5S/c1-20(2)46(41,42)24-13-14-26(35-19-24)23-15-25(28-16-27(37-45-28)22-11-9-21(17-34)10-12-22)29(36-18-23)38(30(39)43-32(3,4)5)31(40)44-33(6,7)8;1-20(2)45(40,41)24-14-15-26(34-19-24)23-16-25(28-17-27(36-44-28)22-12-10-21(3)11-13-22)29(35-18-23)37(30(38)42-32(4,5)6)31(39)43-33(7,8)9;1-18(2)40(36,37)22-11-12-24(31-17-22)21-13-23(27(32-16-21)33-28(35)38-29(3,4)5)26-14-25(34-39-26)20-9-7-19(8-10-20)15-30-6/h9-16,18-20H,17H2,1-8H3;10-20H,1-9H3;7-14,16-18,30H,15H2,1-6H3,(H,32,33,35). The summed E-state index contributed by atoms with van der Waals surface area (Å²) in [5.41, 5.74) is 6.59. The molecule has 5 amide bonds. The zero-order chi connectivity index (χ0) is 96.4. The molecular weight excluding hydrogens is 1800 g/mol. The summed E-state index contributed by atoms with van der Waals surface area (Å²) in [7, 11) is -8.64. The molecule has 0 fully saturated rings. The molecule has 0 saturated heterocycles. The second-order valence-corrected chi connectivity index (χ2v) is 44.2. The second-order valence-electron chi connectivity index (χ2n) is 36.1. The zero-order valence-corrected chi connectivity index (χ0v) is 81.3. The third-order valence-corrected chi connectivity index (χ3v) is 25.7. The highest BCUT2D eigenvalue weighted by Gasteiger charge is 2.39. The van der Waals surface area contributed by atoms with Gasteiger partial charge in [0.05, 0.1) is 64.2 Å². The van der Waals surface area contributed by atoms with E-state index in [1.54, 1.807) is 200 Å². The number of hydrogen-bond donors (Lipinski definition) is 2. The van der Waals surface area contributed by atoms with E-state index in [0.29, 0.717) is 72.4 Å². The van der Waals surface area contributed by atoms with Gasteiger partial charge in [-0.1, -0.05) is 110 Å². The van der Waals surface area contributed by atoms with Gasteiger partial charge in [-0.2, -0.15) is 9.80 Å². The molecule has 9 aromatic heterocycles. The summed E-state index contributed by atoms with van der Waals surface area (Å²) in [5, 5.41) is 17.4. The Balaban J connectivity index is 0.000000205. The van der Waals surface area contributed by atoms with E-state index in [1.165, 1.54) is 55.4 Å². The van der Waals surface area contributed by atoms with E-state index >= 15 is 0 Å². The summed E-state index contributed by atoms with van der Waals surface area (Å²) in [5.74, 6) is 0.736. The van der Waals surface area contributed by atoms with Crippen LogP contribution >= 0.6 is 15.9 Å². The summed E-state index contributed by atoms with van der Waals surface area (Å²) in [6, 6.07) is 42.6. The number of hydrogen-bond acceptors (Lipinski definition) is 29. The van der Waals surface area contributed by atoms with Crippen molar-refractivity contribution in [1.82, 2.24) is 50.7 Å². The fraction of sp³-hybridized carbons (Fsp3) is 0.347. The zero-order valence-electron chi connectivity index (χ0n) is 77.2. The highest BCUT2D eigenvalue weighted by molar-refractivity contribution is 9.08. The molecule has 692 valence electrons. The highest BCUT2D eigenvalue weighted by atomic mass is 79.9. The van der Waals surface area contributed by atoms with Crippen LogP contribution in [0.1, 0.15) is 162 Å². The lowest BCUT2D eigenvalue weighted by Gasteiger charge is -2.28. The van der Waals surface area contributed by atoms with Gasteiger partial charge in [-0.3, -0.25) is 20.3 Å². The third-order valence-electron chi connectivity index (χ3n) is 18.6. The number of sulfone groups is 3. The molecule has 0 bridgehead atoms. The maximum absolute atomic E-state index is 13.5. The normalized spacial score (nSPS) is 12.1. The summed E-state index contributed by atoms with van der Waals surface area (Å²) in [4.78, 5) is 95.0. The number of nitrogens with one attached hydrogen (secondary N) is 2. The van der Waals surface area contributed by atoms with Crippen LogP contribution in [0.3, 0.4) is 0 Å². The Labute approximate surface area is 771 Å². The lowest BCUT2D eigenvalue weighted by molar-refractivity contribution is 0.0407. The van der Waals surface area contributed by atoms with E-state index in [2.05, 4.69) is 71.9 Å². The van der Waals surface area contributed by atoms with Crippen LogP contribution in [0, 0.1) is 6.92 Å². The molecule has 2 N–H and O–H groups in total. The van der Waals surface area contributed by atoms with Gasteiger partial charge in [-0.25, -0.2) is 64.2 Å². The van der Waals surface area contributed by atoms with Gasteiger partial charge >= 0.3 is 30.5 Å². The van der Waals surface area contributed by atoms with Crippen molar-refractivity contribution in [3.05, 3.63) is 199 Å². The summed E-state index contributed by atoms with van der Waals surface area (Å²) >= 11 is 3.44. The maximum atomic E-state index is 13.5. The number of amides is 5.